The van der Waals surface area contributed by atoms with Crippen molar-refractivity contribution < 1.29 is 22.3 Å². The van der Waals surface area contributed by atoms with Gasteiger partial charge in [0.05, 0.1) is 0 Å². The molecule has 0 unspecified atom stereocenters. The molecule has 8 heteroatoms. The number of benzene rings is 2. The first-order chi connectivity index (χ1) is 13.8. The molecule has 1 fully saturated rings. The molecule has 0 N–H and O–H groups in total. The van der Waals surface area contributed by atoms with E-state index in [1.54, 1.807) is 4.90 Å². The van der Waals surface area contributed by atoms with E-state index in [2.05, 4.69) is 13.8 Å². The zero-order valence-corrected chi connectivity index (χ0v) is 17.4. The second-order valence-corrected chi connectivity index (χ2v) is 9.13. The van der Waals surface area contributed by atoms with Gasteiger partial charge >= 0.3 is 0 Å². The summed E-state index contributed by atoms with van der Waals surface area (Å²) in [5, 5.41) is 0. The first-order valence-corrected chi connectivity index (χ1v) is 11.0. The number of nitrogens with zero attached hydrogens (tertiary/aromatic N) is 2. The third kappa shape index (κ3) is 4.94. The van der Waals surface area contributed by atoms with Crippen molar-refractivity contribution in [2.24, 2.45) is 0 Å². The van der Waals surface area contributed by atoms with E-state index >= 15 is 0 Å². The molecule has 0 aliphatic carbocycles. The summed E-state index contributed by atoms with van der Waals surface area (Å²) in [6.07, 6.45) is 0. The molecule has 0 saturated carbocycles. The van der Waals surface area contributed by atoms with Crippen molar-refractivity contribution in [1.29, 1.82) is 0 Å². The molecule has 1 saturated heterocycles. The number of piperazine rings is 1. The van der Waals surface area contributed by atoms with Gasteiger partial charge in [-0.3, -0.25) is 4.79 Å². The average molecular weight is 421 g/mol. The molecule has 0 radical (unpaired) electrons. The third-order valence-corrected chi connectivity index (χ3v) is 6.89. The van der Waals surface area contributed by atoms with Gasteiger partial charge in [-0.05, 0) is 35.7 Å². The van der Waals surface area contributed by atoms with E-state index in [-0.39, 0.29) is 43.6 Å². The maximum absolute atomic E-state index is 13.9. The van der Waals surface area contributed by atoms with Crippen molar-refractivity contribution in [1.82, 2.24) is 9.21 Å². The Balaban J connectivity index is 1.53. The molecule has 2 aromatic carbocycles. The maximum atomic E-state index is 13.9. The number of hydrogen-bond donors (Lipinski definition) is 0. The van der Waals surface area contributed by atoms with Gasteiger partial charge in [-0.2, -0.15) is 4.31 Å². The number of ether oxygens (including phenoxy) is 1. The van der Waals surface area contributed by atoms with Crippen LogP contribution in [0, 0.1) is 5.82 Å². The van der Waals surface area contributed by atoms with Crippen molar-refractivity contribution >= 4 is 15.9 Å². The van der Waals surface area contributed by atoms with E-state index in [0.717, 1.165) is 6.07 Å². The van der Waals surface area contributed by atoms with Crippen molar-refractivity contribution in [2.75, 3.05) is 32.8 Å². The van der Waals surface area contributed by atoms with E-state index in [1.807, 2.05) is 24.3 Å². The first kappa shape index (κ1) is 21.3. The van der Waals surface area contributed by atoms with Crippen LogP contribution < -0.4 is 4.74 Å². The highest BCUT2D eigenvalue weighted by Gasteiger charge is 2.31. The zero-order valence-electron chi connectivity index (χ0n) is 16.5. The molecule has 0 aromatic heterocycles. The first-order valence-electron chi connectivity index (χ1n) is 9.54. The molecule has 6 nitrogen and oxygen atoms in total. The Bertz CT molecular complexity index is 953. The van der Waals surface area contributed by atoms with Crippen molar-refractivity contribution in [3.05, 3.63) is 59.9 Å². The number of rotatable bonds is 6. The third-order valence-electron chi connectivity index (χ3n) is 4.95. The van der Waals surface area contributed by atoms with Gasteiger partial charge in [0.25, 0.3) is 5.91 Å². The molecule has 1 aliphatic heterocycles. The molecule has 0 bridgehead atoms. The van der Waals surface area contributed by atoms with Gasteiger partial charge in [0, 0.05) is 26.2 Å². The summed E-state index contributed by atoms with van der Waals surface area (Å²) in [4.78, 5) is 13.6. The van der Waals surface area contributed by atoms with Crippen LogP contribution in [0.25, 0.3) is 0 Å². The molecular formula is C21H25FN2O4S. The molecular weight excluding hydrogens is 395 g/mol. The van der Waals surface area contributed by atoms with Crippen LogP contribution in [-0.4, -0.2) is 56.3 Å². The number of sulfonamides is 1. The topological polar surface area (TPSA) is 66.9 Å². The lowest BCUT2D eigenvalue weighted by Crippen LogP contribution is -2.51. The van der Waals surface area contributed by atoms with Gasteiger partial charge in [-0.25, -0.2) is 12.8 Å². The number of carbonyl (C=O) groups is 1. The van der Waals surface area contributed by atoms with Crippen molar-refractivity contribution in [3.8, 4) is 5.75 Å². The fraction of sp³-hybridized carbons (Fsp3) is 0.381. The van der Waals surface area contributed by atoms with Gasteiger partial charge in [0.15, 0.2) is 6.61 Å². The standard InChI is InChI=1S/C21H25FN2O4S/c1-16(2)17-7-9-18(10-8-17)28-15-21(25)23-11-13-24(14-12-23)29(26,27)20-6-4-3-5-19(20)22/h3-10,16H,11-15H2,1-2H3. The van der Waals surface area contributed by atoms with E-state index in [9.17, 15) is 17.6 Å². The van der Waals surface area contributed by atoms with Crippen LogP contribution in [0.3, 0.4) is 0 Å². The number of amides is 1. The van der Waals surface area contributed by atoms with Crippen LogP contribution >= 0.6 is 0 Å². The summed E-state index contributed by atoms with van der Waals surface area (Å²) in [7, 11) is -3.92. The molecule has 156 valence electrons. The minimum atomic E-state index is -3.92. The molecule has 0 atom stereocenters. The minimum absolute atomic E-state index is 0.110. The molecule has 1 aliphatic rings. The zero-order chi connectivity index (χ0) is 21.0. The SMILES string of the molecule is CC(C)c1ccc(OCC(=O)N2CCN(S(=O)(=O)c3ccccc3F)CC2)cc1. The monoisotopic (exact) mass is 420 g/mol. The second kappa shape index (κ2) is 8.92. The van der Waals surface area contributed by atoms with E-state index in [1.165, 1.54) is 28.1 Å². The van der Waals surface area contributed by atoms with Crippen LogP contribution in [0.2, 0.25) is 0 Å². The lowest BCUT2D eigenvalue weighted by Gasteiger charge is -2.34. The molecule has 0 spiro atoms. The van der Waals surface area contributed by atoms with Crippen LogP contribution in [0.5, 0.6) is 5.75 Å². The Morgan fingerprint density at radius 1 is 1.03 bits per heavy atom. The molecule has 29 heavy (non-hydrogen) atoms. The minimum Gasteiger partial charge on any atom is -0.484 e. The largest absolute Gasteiger partial charge is 0.484 e. The normalized spacial score (nSPS) is 15.5. The highest BCUT2D eigenvalue weighted by atomic mass is 32.2. The van der Waals surface area contributed by atoms with Gasteiger partial charge in [0.2, 0.25) is 10.0 Å². The predicted molar refractivity (Wildman–Crippen MR) is 108 cm³/mol. The van der Waals surface area contributed by atoms with Crippen molar-refractivity contribution in [2.45, 2.75) is 24.7 Å². The Labute approximate surface area is 170 Å². The van der Waals surface area contributed by atoms with Crippen LogP contribution in [0.1, 0.15) is 25.3 Å². The Morgan fingerprint density at radius 2 is 1.66 bits per heavy atom. The van der Waals surface area contributed by atoms with Crippen LogP contribution in [-0.2, 0) is 14.8 Å². The van der Waals surface area contributed by atoms with Gasteiger partial charge in [-0.1, -0.05) is 38.1 Å². The van der Waals surface area contributed by atoms with Crippen LogP contribution in [0.4, 0.5) is 4.39 Å². The Hall–Kier alpha value is -2.45. The molecule has 1 heterocycles. The average Bonchev–Trinajstić information content (AvgIpc) is 2.72. The van der Waals surface area contributed by atoms with Crippen molar-refractivity contribution in [3.63, 3.8) is 0 Å². The summed E-state index contributed by atoms with van der Waals surface area (Å²) in [6.45, 7) is 4.80. The summed E-state index contributed by atoms with van der Waals surface area (Å²) < 4.78 is 45.9. The second-order valence-electron chi connectivity index (χ2n) is 7.23. The molecule has 1 amide bonds. The number of halogens is 1. The summed E-state index contributed by atoms with van der Waals surface area (Å²) in [6, 6.07) is 12.9. The van der Waals surface area contributed by atoms with Gasteiger partial charge < -0.3 is 9.64 Å². The van der Waals surface area contributed by atoms with Gasteiger partial charge in [0.1, 0.15) is 16.5 Å². The summed E-state index contributed by atoms with van der Waals surface area (Å²) >= 11 is 0. The molecule has 3 rings (SSSR count). The smallest absolute Gasteiger partial charge is 0.260 e. The molecule has 2 aromatic rings. The highest BCUT2D eigenvalue weighted by Crippen LogP contribution is 2.21. The fourth-order valence-electron chi connectivity index (χ4n) is 3.16. The van der Waals surface area contributed by atoms with E-state index < -0.39 is 15.8 Å². The Kier molecular flexibility index (Phi) is 6.54. The maximum Gasteiger partial charge on any atom is 0.260 e. The fourth-order valence-corrected chi connectivity index (χ4v) is 4.64. The summed E-state index contributed by atoms with van der Waals surface area (Å²) in [5.74, 6) is 0.0508. The predicted octanol–water partition coefficient (Wildman–Crippen LogP) is 2.86. The highest BCUT2D eigenvalue weighted by molar-refractivity contribution is 7.89. The van der Waals surface area contributed by atoms with Gasteiger partial charge in [-0.15, -0.1) is 0 Å². The lowest BCUT2D eigenvalue weighted by molar-refractivity contribution is -0.134. The summed E-state index contributed by atoms with van der Waals surface area (Å²) in [5.41, 5.74) is 1.19. The number of hydrogen-bond acceptors (Lipinski definition) is 4. The van der Waals surface area contributed by atoms with E-state index in [4.69, 9.17) is 4.74 Å². The quantitative estimate of drug-likeness (QED) is 0.721. The van der Waals surface area contributed by atoms with E-state index in [0.29, 0.717) is 11.7 Å². The number of carbonyl (C=O) groups excluding carboxylic acids is 1. The Morgan fingerprint density at radius 3 is 2.24 bits per heavy atom. The lowest BCUT2D eigenvalue weighted by atomic mass is 10.0. The van der Waals surface area contributed by atoms with Crippen LogP contribution in [0.15, 0.2) is 53.4 Å².